The monoisotopic (exact) mass is 324 g/mol. The lowest BCUT2D eigenvalue weighted by molar-refractivity contribution is -0.118. The molecule has 0 aromatic heterocycles. The van der Waals surface area contributed by atoms with Gasteiger partial charge in [0.15, 0.2) is 6.61 Å². The molecule has 2 rings (SSSR count). The zero-order chi connectivity index (χ0) is 15.4. The molecule has 0 aliphatic rings. The average molecular weight is 325 g/mol. The van der Waals surface area contributed by atoms with E-state index < -0.39 is 0 Å². The quantitative estimate of drug-likeness (QED) is 0.838. The van der Waals surface area contributed by atoms with Crippen molar-refractivity contribution in [2.45, 2.75) is 6.92 Å². The third kappa shape index (κ3) is 4.03. The fraction of sp³-hybridized carbons (Fsp3) is 0.133. The van der Waals surface area contributed by atoms with Crippen LogP contribution in [0.4, 0.5) is 11.4 Å². The minimum atomic E-state index is -0.347. The number of rotatable bonds is 4. The SMILES string of the molecule is Cc1cc(Cl)c(NC(=O)COc2ccccc2N)cc1Cl. The number of nitrogens with one attached hydrogen (secondary N) is 1. The summed E-state index contributed by atoms with van der Waals surface area (Å²) >= 11 is 12.1. The minimum absolute atomic E-state index is 0.171. The van der Waals surface area contributed by atoms with Gasteiger partial charge in [0.2, 0.25) is 0 Å². The molecule has 0 saturated heterocycles. The molecule has 0 aliphatic carbocycles. The van der Waals surface area contributed by atoms with Gasteiger partial charge in [0, 0.05) is 5.02 Å². The normalized spacial score (nSPS) is 10.2. The predicted molar refractivity (Wildman–Crippen MR) is 86.2 cm³/mol. The Bertz CT molecular complexity index is 675. The van der Waals surface area contributed by atoms with Crippen LogP contribution >= 0.6 is 23.2 Å². The molecule has 0 spiro atoms. The molecule has 0 heterocycles. The summed E-state index contributed by atoms with van der Waals surface area (Å²) in [5.41, 5.74) is 7.49. The first kappa shape index (κ1) is 15.5. The smallest absolute Gasteiger partial charge is 0.262 e. The largest absolute Gasteiger partial charge is 0.482 e. The lowest BCUT2D eigenvalue weighted by atomic mass is 10.2. The van der Waals surface area contributed by atoms with E-state index in [0.29, 0.717) is 27.2 Å². The molecule has 4 nitrogen and oxygen atoms in total. The van der Waals surface area contributed by atoms with E-state index in [1.807, 2.05) is 6.92 Å². The van der Waals surface area contributed by atoms with Gasteiger partial charge >= 0.3 is 0 Å². The maximum atomic E-state index is 11.9. The molecule has 0 saturated carbocycles. The third-order valence-corrected chi connectivity index (χ3v) is 3.52. The van der Waals surface area contributed by atoms with Gasteiger partial charge in [-0.3, -0.25) is 4.79 Å². The average Bonchev–Trinajstić information content (AvgIpc) is 2.44. The van der Waals surface area contributed by atoms with Gasteiger partial charge in [-0.2, -0.15) is 0 Å². The van der Waals surface area contributed by atoms with Crippen LogP contribution in [0.25, 0.3) is 0 Å². The van der Waals surface area contributed by atoms with Crippen LogP contribution in [0.5, 0.6) is 5.75 Å². The summed E-state index contributed by atoms with van der Waals surface area (Å²) in [6.45, 7) is 1.66. The van der Waals surface area contributed by atoms with Crippen molar-refractivity contribution >= 4 is 40.5 Å². The molecule has 2 aromatic carbocycles. The Kier molecular flexibility index (Phi) is 4.94. The number of amides is 1. The number of ether oxygens (including phenoxy) is 1. The highest BCUT2D eigenvalue weighted by atomic mass is 35.5. The van der Waals surface area contributed by atoms with Crippen molar-refractivity contribution in [3.05, 3.63) is 52.0 Å². The summed E-state index contributed by atoms with van der Waals surface area (Å²) in [6, 6.07) is 10.3. The van der Waals surface area contributed by atoms with Gasteiger partial charge in [-0.25, -0.2) is 0 Å². The predicted octanol–water partition coefficient (Wildman–Crippen LogP) is 3.90. The van der Waals surface area contributed by atoms with Crippen LogP contribution in [0.3, 0.4) is 0 Å². The first-order chi connectivity index (χ1) is 9.97. The lowest BCUT2D eigenvalue weighted by Crippen LogP contribution is -2.20. The van der Waals surface area contributed by atoms with E-state index in [0.717, 1.165) is 5.56 Å². The molecule has 0 unspecified atom stereocenters. The minimum Gasteiger partial charge on any atom is -0.482 e. The van der Waals surface area contributed by atoms with Gasteiger partial charge in [-0.1, -0.05) is 35.3 Å². The molecule has 0 fully saturated rings. The van der Waals surface area contributed by atoms with Crippen LogP contribution in [0.15, 0.2) is 36.4 Å². The Hall–Kier alpha value is -1.91. The fourth-order valence-corrected chi connectivity index (χ4v) is 2.11. The Morgan fingerprint density at radius 2 is 1.95 bits per heavy atom. The van der Waals surface area contributed by atoms with E-state index in [4.69, 9.17) is 33.7 Å². The number of benzene rings is 2. The maximum Gasteiger partial charge on any atom is 0.262 e. The number of carbonyl (C=O) groups excluding carboxylic acids is 1. The number of anilines is 2. The van der Waals surface area contributed by atoms with Crippen molar-refractivity contribution in [1.29, 1.82) is 0 Å². The van der Waals surface area contributed by atoms with Crippen molar-refractivity contribution in [2.24, 2.45) is 0 Å². The number of nitrogen functional groups attached to an aromatic ring is 1. The number of nitrogens with two attached hydrogens (primary N) is 1. The zero-order valence-electron chi connectivity index (χ0n) is 11.3. The number of hydrogen-bond acceptors (Lipinski definition) is 3. The van der Waals surface area contributed by atoms with Gasteiger partial charge in [0.05, 0.1) is 16.4 Å². The highest BCUT2D eigenvalue weighted by molar-refractivity contribution is 6.36. The zero-order valence-corrected chi connectivity index (χ0v) is 12.8. The van der Waals surface area contributed by atoms with Crippen molar-refractivity contribution < 1.29 is 9.53 Å². The summed E-state index contributed by atoms with van der Waals surface area (Å²) in [5.74, 6) is 0.112. The number of aryl methyl sites for hydroxylation is 1. The van der Waals surface area contributed by atoms with Crippen LogP contribution in [0.1, 0.15) is 5.56 Å². The first-order valence-corrected chi connectivity index (χ1v) is 6.96. The molecule has 21 heavy (non-hydrogen) atoms. The van der Waals surface area contributed by atoms with Crippen LogP contribution < -0.4 is 15.8 Å². The van der Waals surface area contributed by atoms with E-state index in [2.05, 4.69) is 5.32 Å². The van der Waals surface area contributed by atoms with Gasteiger partial charge in [0.1, 0.15) is 5.75 Å². The molecule has 0 radical (unpaired) electrons. The van der Waals surface area contributed by atoms with Crippen molar-refractivity contribution in [3.8, 4) is 5.75 Å². The molecule has 0 aliphatic heterocycles. The second-order valence-electron chi connectivity index (χ2n) is 4.46. The molecule has 0 bridgehead atoms. The number of carbonyl (C=O) groups is 1. The van der Waals surface area contributed by atoms with Crippen LogP contribution in [0, 0.1) is 6.92 Å². The van der Waals surface area contributed by atoms with Crippen LogP contribution in [-0.4, -0.2) is 12.5 Å². The summed E-state index contributed by atoms with van der Waals surface area (Å²) < 4.78 is 5.35. The second kappa shape index (κ2) is 6.70. The first-order valence-electron chi connectivity index (χ1n) is 6.20. The van der Waals surface area contributed by atoms with Gasteiger partial charge in [0.25, 0.3) is 5.91 Å². The van der Waals surface area contributed by atoms with E-state index in [-0.39, 0.29) is 12.5 Å². The second-order valence-corrected chi connectivity index (χ2v) is 5.27. The molecular weight excluding hydrogens is 311 g/mol. The highest BCUT2D eigenvalue weighted by Gasteiger charge is 2.10. The van der Waals surface area contributed by atoms with E-state index in [9.17, 15) is 4.79 Å². The molecule has 1 amide bonds. The Morgan fingerprint density at radius 3 is 2.67 bits per heavy atom. The maximum absolute atomic E-state index is 11.9. The standard InChI is InChI=1S/C15H14Cl2N2O2/c1-9-6-11(17)13(7-10(9)16)19-15(20)8-21-14-5-3-2-4-12(14)18/h2-7H,8,18H2,1H3,(H,19,20). The van der Waals surface area contributed by atoms with E-state index in [1.54, 1.807) is 36.4 Å². The molecule has 110 valence electrons. The molecule has 6 heteroatoms. The number of para-hydroxylation sites is 2. The summed E-state index contributed by atoms with van der Waals surface area (Å²) in [6.07, 6.45) is 0. The number of halogens is 2. The van der Waals surface area contributed by atoms with Gasteiger partial charge in [-0.15, -0.1) is 0 Å². The molecule has 2 aromatic rings. The van der Waals surface area contributed by atoms with Crippen molar-refractivity contribution in [1.82, 2.24) is 0 Å². The van der Waals surface area contributed by atoms with Crippen molar-refractivity contribution in [3.63, 3.8) is 0 Å². The summed E-state index contributed by atoms with van der Waals surface area (Å²) in [4.78, 5) is 11.9. The van der Waals surface area contributed by atoms with E-state index >= 15 is 0 Å². The molecule has 3 N–H and O–H groups in total. The third-order valence-electron chi connectivity index (χ3n) is 2.80. The van der Waals surface area contributed by atoms with E-state index in [1.165, 1.54) is 0 Å². The molecular formula is C15H14Cl2N2O2. The number of hydrogen-bond donors (Lipinski definition) is 2. The topological polar surface area (TPSA) is 64.3 Å². The summed E-state index contributed by atoms with van der Waals surface area (Å²) in [5, 5.41) is 3.60. The molecule has 0 atom stereocenters. The highest BCUT2D eigenvalue weighted by Crippen LogP contribution is 2.28. The fourth-order valence-electron chi connectivity index (χ4n) is 1.68. The lowest BCUT2D eigenvalue weighted by Gasteiger charge is -2.11. The van der Waals surface area contributed by atoms with Crippen LogP contribution in [0.2, 0.25) is 10.0 Å². The van der Waals surface area contributed by atoms with Gasteiger partial charge < -0.3 is 15.8 Å². The van der Waals surface area contributed by atoms with Gasteiger partial charge in [-0.05, 0) is 36.8 Å². The van der Waals surface area contributed by atoms with Crippen LogP contribution in [-0.2, 0) is 4.79 Å². The van der Waals surface area contributed by atoms with Crippen molar-refractivity contribution in [2.75, 3.05) is 17.7 Å². The Labute approximate surface area is 132 Å². The Balaban J connectivity index is 1.99. The Morgan fingerprint density at radius 1 is 1.24 bits per heavy atom. The summed E-state index contributed by atoms with van der Waals surface area (Å²) in [7, 11) is 0.